The monoisotopic (exact) mass is 171 g/mol. The summed E-state index contributed by atoms with van der Waals surface area (Å²) in [6, 6.07) is -0.557. The van der Waals surface area contributed by atoms with Crippen molar-refractivity contribution >= 4 is 5.97 Å². The van der Waals surface area contributed by atoms with E-state index >= 15 is 0 Å². The van der Waals surface area contributed by atoms with Gasteiger partial charge in [0.15, 0.2) is 5.72 Å². The number of nitrogens with one attached hydrogen (secondary N) is 1. The van der Waals surface area contributed by atoms with E-state index in [0.29, 0.717) is 6.42 Å². The number of aliphatic carboxylic acids is 1. The number of hydrogen-bond acceptors (Lipinski definition) is 3. The van der Waals surface area contributed by atoms with Gasteiger partial charge in [-0.15, -0.1) is 0 Å². The predicted octanol–water partition coefficient (Wildman–Crippen LogP) is 0.699. The van der Waals surface area contributed by atoms with Crippen LogP contribution in [0.4, 0.5) is 0 Å². The normalized spacial score (nSPS) is 27.3. The van der Waals surface area contributed by atoms with Gasteiger partial charge in [0.05, 0.1) is 6.26 Å². The molecule has 68 valence electrons. The Hall–Kier alpha value is -1.03. The van der Waals surface area contributed by atoms with Gasteiger partial charge in [-0.25, -0.2) is 0 Å². The zero-order valence-electron chi connectivity index (χ0n) is 7.20. The lowest BCUT2D eigenvalue weighted by molar-refractivity contribution is -0.141. The number of hydrogen-bond donors (Lipinski definition) is 2. The average Bonchev–Trinajstić information content (AvgIpc) is 2.10. The summed E-state index contributed by atoms with van der Waals surface area (Å²) in [6.07, 6.45) is 3.70. The summed E-state index contributed by atoms with van der Waals surface area (Å²) in [4.78, 5) is 10.6. The maximum Gasteiger partial charge on any atom is 0.321 e. The molecule has 0 radical (unpaired) electrons. The van der Waals surface area contributed by atoms with E-state index in [1.165, 1.54) is 6.26 Å². The number of carbonyl (C=O) groups is 1. The molecule has 0 fully saturated rings. The average molecular weight is 171 g/mol. The molecule has 1 heterocycles. The van der Waals surface area contributed by atoms with Gasteiger partial charge in [-0.1, -0.05) is 0 Å². The quantitative estimate of drug-likeness (QED) is 0.609. The molecule has 0 aromatic rings. The first kappa shape index (κ1) is 9.06. The fourth-order valence-electron chi connectivity index (χ4n) is 1.08. The topological polar surface area (TPSA) is 58.6 Å². The second-order valence-electron chi connectivity index (χ2n) is 3.27. The number of rotatable bonds is 1. The molecular weight excluding hydrogens is 158 g/mol. The Kier molecular flexibility index (Phi) is 2.38. The van der Waals surface area contributed by atoms with Gasteiger partial charge in [-0.2, -0.15) is 0 Å². The summed E-state index contributed by atoms with van der Waals surface area (Å²) < 4.78 is 5.22. The number of carboxylic acid groups (broad SMARTS) is 1. The largest absolute Gasteiger partial charge is 0.481 e. The molecule has 0 saturated heterocycles. The van der Waals surface area contributed by atoms with Crippen LogP contribution in [-0.4, -0.2) is 22.8 Å². The summed E-state index contributed by atoms with van der Waals surface area (Å²) in [7, 11) is 0. The van der Waals surface area contributed by atoms with Crippen LogP contribution in [0, 0.1) is 0 Å². The third kappa shape index (κ3) is 2.23. The fourth-order valence-corrected chi connectivity index (χ4v) is 1.08. The molecule has 1 atom stereocenters. The molecule has 1 unspecified atom stereocenters. The standard InChI is InChI=1S/C8H13NO3/c1-8(2)9-6(7(10)11)4-3-5-12-8/h3,5-6,9H,4H2,1-2H3,(H,10,11). The minimum absolute atomic E-state index is 0.457. The molecule has 1 aliphatic heterocycles. The van der Waals surface area contributed by atoms with Gasteiger partial charge in [-0.05, 0) is 26.3 Å². The molecule has 1 aliphatic rings. The lowest BCUT2D eigenvalue weighted by Crippen LogP contribution is -2.49. The Morgan fingerprint density at radius 2 is 2.42 bits per heavy atom. The lowest BCUT2D eigenvalue weighted by Gasteiger charge is -2.26. The zero-order valence-corrected chi connectivity index (χ0v) is 7.20. The first-order chi connectivity index (χ1) is 5.51. The van der Waals surface area contributed by atoms with E-state index in [0.717, 1.165) is 0 Å². The van der Waals surface area contributed by atoms with Gasteiger partial charge in [0.1, 0.15) is 6.04 Å². The maximum absolute atomic E-state index is 10.6. The number of ether oxygens (including phenoxy) is 1. The first-order valence-electron chi connectivity index (χ1n) is 3.84. The maximum atomic E-state index is 10.6. The van der Waals surface area contributed by atoms with Gasteiger partial charge in [0.25, 0.3) is 0 Å². The highest BCUT2D eigenvalue weighted by molar-refractivity contribution is 5.73. The van der Waals surface area contributed by atoms with Crippen LogP contribution in [0.3, 0.4) is 0 Å². The highest BCUT2D eigenvalue weighted by Crippen LogP contribution is 2.12. The van der Waals surface area contributed by atoms with Crippen molar-refractivity contribution in [3.63, 3.8) is 0 Å². The second kappa shape index (κ2) is 3.15. The van der Waals surface area contributed by atoms with Crippen LogP contribution in [0.25, 0.3) is 0 Å². The van der Waals surface area contributed by atoms with Crippen molar-refractivity contribution in [2.24, 2.45) is 0 Å². The molecule has 0 aromatic heterocycles. The van der Waals surface area contributed by atoms with Gasteiger partial charge >= 0.3 is 5.97 Å². The molecule has 0 amide bonds. The van der Waals surface area contributed by atoms with E-state index in [4.69, 9.17) is 9.84 Å². The van der Waals surface area contributed by atoms with Crippen LogP contribution >= 0.6 is 0 Å². The van der Waals surface area contributed by atoms with Gasteiger partial charge in [-0.3, -0.25) is 10.1 Å². The van der Waals surface area contributed by atoms with Crippen molar-refractivity contribution in [1.82, 2.24) is 5.32 Å². The lowest BCUT2D eigenvalue weighted by atomic mass is 10.2. The molecule has 4 heteroatoms. The summed E-state index contributed by atoms with van der Waals surface area (Å²) in [5, 5.41) is 11.6. The van der Waals surface area contributed by atoms with Crippen LogP contribution in [0.2, 0.25) is 0 Å². The molecule has 0 saturated carbocycles. The van der Waals surface area contributed by atoms with Crippen LogP contribution < -0.4 is 5.32 Å². The molecule has 2 N–H and O–H groups in total. The highest BCUT2D eigenvalue weighted by Gasteiger charge is 2.27. The molecule has 0 aromatic carbocycles. The van der Waals surface area contributed by atoms with Crippen molar-refractivity contribution < 1.29 is 14.6 Å². The van der Waals surface area contributed by atoms with Crippen molar-refractivity contribution in [3.05, 3.63) is 12.3 Å². The minimum atomic E-state index is -0.849. The number of carboxylic acids is 1. The molecular formula is C8H13NO3. The molecule has 1 rings (SSSR count). The van der Waals surface area contributed by atoms with Gasteiger partial charge in [0.2, 0.25) is 0 Å². The Bertz CT molecular complexity index is 210. The molecule has 4 nitrogen and oxygen atoms in total. The van der Waals surface area contributed by atoms with Crippen LogP contribution in [-0.2, 0) is 9.53 Å². The Labute approximate surface area is 71.2 Å². The van der Waals surface area contributed by atoms with Crippen molar-refractivity contribution in [2.75, 3.05) is 0 Å². The summed E-state index contributed by atoms with van der Waals surface area (Å²) in [6.45, 7) is 3.58. The van der Waals surface area contributed by atoms with Crippen molar-refractivity contribution in [3.8, 4) is 0 Å². The predicted molar refractivity (Wildman–Crippen MR) is 43.5 cm³/mol. The minimum Gasteiger partial charge on any atom is -0.481 e. The van der Waals surface area contributed by atoms with E-state index in [1.54, 1.807) is 19.9 Å². The second-order valence-corrected chi connectivity index (χ2v) is 3.27. The van der Waals surface area contributed by atoms with E-state index in [2.05, 4.69) is 5.32 Å². The molecule has 0 spiro atoms. The van der Waals surface area contributed by atoms with Crippen molar-refractivity contribution in [2.45, 2.75) is 32.0 Å². The fraction of sp³-hybridized carbons (Fsp3) is 0.625. The van der Waals surface area contributed by atoms with E-state index < -0.39 is 17.7 Å². The van der Waals surface area contributed by atoms with Crippen molar-refractivity contribution in [1.29, 1.82) is 0 Å². The summed E-state index contributed by atoms with van der Waals surface area (Å²) >= 11 is 0. The molecule has 0 bridgehead atoms. The Morgan fingerprint density at radius 3 is 3.00 bits per heavy atom. The van der Waals surface area contributed by atoms with Crippen LogP contribution in [0.1, 0.15) is 20.3 Å². The molecule has 0 aliphatic carbocycles. The zero-order chi connectivity index (χ0) is 9.19. The van der Waals surface area contributed by atoms with Crippen LogP contribution in [0.15, 0.2) is 12.3 Å². The van der Waals surface area contributed by atoms with E-state index in [-0.39, 0.29) is 0 Å². The van der Waals surface area contributed by atoms with E-state index in [9.17, 15) is 4.79 Å². The molecule has 12 heavy (non-hydrogen) atoms. The smallest absolute Gasteiger partial charge is 0.321 e. The van der Waals surface area contributed by atoms with Gasteiger partial charge in [0, 0.05) is 0 Å². The Balaban J connectivity index is 2.68. The van der Waals surface area contributed by atoms with Gasteiger partial charge < -0.3 is 9.84 Å². The third-order valence-corrected chi connectivity index (χ3v) is 1.65. The third-order valence-electron chi connectivity index (χ3n) is 1.65. The Morgan fingerprint density at radius 1 is 1.75 bits per heavy atom. The van der Waals surface area contributed by atoms with Crippen LogP contribution in [0.5, 0.6) is 0 Å². The highest BCUT2D eigenvalue weighted by atomic mass is 16.5. The first-order valence-corrected chi connectivity index (χ1v) is 3.84. The summed E-state index contributed by atoms with van der Waals surface area (Å²) in [5.41, 5.74) is -0.601. The summed E-state index contributed by atoms with van der Waals surface area (Å²) in [5.74, 6) is -0.849. The SMILES string of the molecule is CC1(C)NC(C(=O)O)CC=CO1. The van der Waals surface area contributed by atoms with E-state index in [1.807, 2.05) is 0 Å².